The minimum atomic E-state index is -1.07. The van der Waals surface area contributed by atoms with Crippen molar-refractivity contribution in [2.24, 2.45) is 0 Å². The van der Waals surface area contributed by atoms with Crippen molar-refractivity contribution in [3.05, 3.63) is 99.0 Å². The van der Waals surface area contributed by atoms with Crippen LogP contribution >= 0.6 is 23.2 Å². The van der Waals surface area contributed by atoms with Gasteiger partial charge in [0.1, 0.15) is 5.75 Å². The van der Waals surface area contributed by atoms with Crippen molar-refractivity contribution in [3.63, 3.8) is 0 Å². The molecule has 1 unspecified atom stereocenters. The van der Waals surface area contributed by atoms with Crippen LogP contribution in [-0.4, -0.2) is 35.0 Å². The molecule has 3 aromatic carbocycles. The highest BCUT2D eigenvalue weighted by molar-refractivity contribution is 6.31. The van der Waals surface area contributed by atoms with Gasteiger partial charge in [-0.3, -0.25) is 4.79 Å². The molecule has 1 amide bonds. The molecule has 0 fully saturated rings. The van der Waals surface area contributed by atoms with Gasteiger partial charge in [-0.25, -0.2) is 4.79 Å². The Morgan fingerprint density at radius 1 is 1.00 bits per heavy atom. The molecule has 1 aliphatic heterocycles. The fourth-order valence-corrected chi connectivity index (χ4v) is 4.86. The number of nitrogens with zero attached hydrogens (tertiary/aromatic N) is 1. The van der Waals surface area contributed by atoms with Crippen molar-refractivity contribution in [1.82, 2.24) is 4.90 Å². The van der Waals surface area contributed by atoms with Crippen molar-refractivity contribution in [3.8, 4) is 5.75 Å². The second kappa shape index (κ2) is 10.9. The zero-order valence-corrected chi connectivity index (χ0v) is 20.1. The number of carboxylic acid groups (broad SMARTS) is 1. The van der Waals surface area contributed by atoms with Gasteiger partial charge in [-0.1, -0.05) is 65.7 Å². The Hall–Kier alpha value is -3.02. The third-order valence-electron chi connectivity index (χ3n) is 6.02. The molecule has 0 aromatic heterocycles. The van der Waals surface area contributed by atoms with Crippen LogP contribution in [0.2, 0.25) is 10.0 Å². The van der Waals surface area contributed by atoms with E-state index in [1.54, 1.807) is 18.2 Å². The second-order valence-corrected chi connectivity index (χ2v) is 9.09. The molecule has 1 heterocycles. The van der Waals surface area contributed by atoms with Crippen molar-refractivity contribution in [1.29, 1.82) is 0 Å². The van der Waals surface area contributed by atoms with Crippen LogP contribution in [0.1, 0.15) is 41.1 Å². The molecule has 176 valence electrons. The quantitative estimate of drug-likeness (QED) is 0.417. The number of benzene rings is 3. The first-order valence-corrected chi connectivity index (χ1v) is 11.9. The minimum absolute atomic E-state index is 0.0238. The average Bonchev–Trinajstić information content (AvgIpc) is 2.83. The lowest BCUT2D eigenvalue weighted by atomic mass is 9.87. The predicted molar refractivity (Wildman–Crippen MR) is 133 cm³/mol. The van der Waals surface area contributed by atoms with Crippen LogP contribution in [0.4, 0.5) is 0 Å². The number of hydrogen-bond acceptors (Lipinski definition) is 3. The zero-order valence-electron chi connectivity index (χ0n) is 18.5. The van der Waals surface area contributed by atoms with E-state index in [0.29, 0.717) is 47.2 Å². The predicted octanol–water partition coefficient (Wildman–Crippen LogP) is 5.95. The molecular formula is C27H25Cl2NO4. The number of hydrogen-bond donors (Lipinski definition) is 1. The van der Waals surface area contributed by atoms with Crippen molar-refractivity contribution in [2.45, 2.75) is 31.7 Å². The van der Waals surface area contributed by atoms with Crippen LogP contribution in [0.25, 0.3) is 0 Å². The fraction of sp³-hybridized carbons (Fsp3) is 0.259. The zero-order chi connectivity index (χ0) is 24.1. The summed E-state index contributed by atoms with van der Waals surface area (Å²) in [6.45, 7) is 0.0757. The molecule has 4 rings (SSSR count). The average molecular weight is 498 g/mol. The smallest absolute Gasteiger partial charge is 0.341 e. The number of aryl methyl sites for hydroxylation is 1. The van der Waals surface area contributed by atoms with Gasteiger partial charge in [0.05, 0.1) is 6.04 Å². The van der Waals surface area contributed by atoms with Gasteiger partial charge in [0.15, 0.2) is 6.61 Å². The van der Waals surface area contributed by atoms with Crippen molar-refractivity contribution in [2.75, 3.05) is 13.2 Å². The number of carboxylic acids is 1. The summed E-state index contributed by atoms with van der Waals surface area (Å²) in [5, 5.41) is 10.3. The SMILES string of the molecule is O=C(O)COc1ccc(Cl)cc1C1c2ccccc2CCN1C(=O)CCCc1ccccc1Cl. The Balaban J connectivity index is 1.62. The summed E-state index contributed by atoms with van der Waals surface area (Å²) in [6.07, 6.45) is 2.50. The Kier molecular flexibility index (Phi) is 7.76. The fourth-order valence-electron chi connectivity index (χ4n) is 4.45. The van der Waals surface area contributed by atoms with Gasteiger partial charge in [0.25, 0.3) is 0 Å². The molecule has 7 heteroatoms. The van der Waals surface area contributed by atoms with Crippen LogP contribution in [0.3, 0.4) is 0 Å². The second-order valence-electron chi connectivity index (χ2n) is 8.25. The molecule has 1 N–H and O–H groups in total. The largest absolute Gasteiger partial charge is 0.482 e. The van der Waals surface area contributed by atoms with Gasteiger partial charge in [-0.2, -0.15) is 0 Å². The molecule has 1 aliphatic rings. The molecule has 1 atom stereocenters. The normalized spacial score (nSPS) is 15.0. The van der Waals surface area contributed by atoms with Gasteiger partial charge in [0.2, 0.25) is 5.91 Å². The Labute approximate surface area is 208 Å². The summed E-state index contributed by atoms with van der Waals surface area (Å²) in [4.78, 5) is 26.4. The van der Waals surface area contributed by atoms with Gasteiger partial charge < -0.3 is 14.7 Å². The van der Waals surface area contributed by atoms with Crippen LogP contribution in [0.15, 0.2) is 66.7 Å². The molecule has 5 nitrogen and oxygen atoms in total. The molecule has 0 radical (unpaired) electrons. The van der Waals surface area contributed by atoms with Gasteiger partial charge >= 0.3 is 5.97 Å². The van der Waals surface area contributed by atoms with E-state index >= 15 is 0 Å². The Morgan fingerprint density at radius 2 is 1.76 bits per heavy atom. The highest BCUT2D eigenvalue weighted by Crippen LogP contribution is 2.41. The van der Waals surface area contributed by atoms with E-state index in [-0.39, 0.29) is 5.91 Å². The number of ether oxygens (including phenoxy) is 1. The van der Waals surface area contributed by atoms with Crippen molar-refractivity contribution < 1.29 is 19.4 Å². The van der Waals surface area contributed by atoms with Crippen molar-refractivity contribution >= 4 is 35.1 Å². The molecule has 0 spiro atoms. The molecular weight excluding hydrogens is 473 g/mol. The molecule has 0 aliphatic carbocycles. The Morgan fingerprint density at radius 3 is 2.56 bits per heavy atom. The van der Waals surface area contributed by atoms with E-state index in [1.165, 1.54) is 0 Å². The maximum Gasteiger partial charge on any atom is 0.341 e. The third-order valence-corrected chi connectivity index (χ3v) is 6.62. The van der Waals surface area contributed by atoms with E-state index < -0.39 is 18.6 Å². The van der Waals surface area contributed by atoms with Crippen LogP contribution in [-0.2, 0) is 22.4 Å². The summed E-state index contributed by atoms with van der Waals surface area (Å²) >= 11 is 12.6. The number of fused-ring (bicyclic) bond motifs is 1. The molecule has 0 saturated carbocycles. The topological polar surface area (TPSA) is 66.8 Å². The number of carbonyl (C=O) groups excluding carboxylic acids is 1. The van der Waals surface area contributed by atoms with Crippen LogP contribution in [0.5, 0.6) is 5.75 Å². The number of aliphatic carboxylic acids is 1. The summed E-state index contributed by atoms with van der Waals surface area (Å²) in [5.41, 5.74) is 3.85. The standard InChI is InChI=1S/C27H25Cl2NO4/c28-20-12-13-24(34-17-26(32)33)22(16-20)27-21-9-3-1-6-18(21)14-15-30(27)25(31)11-5-8-19-7-2-4-10-23(19)29/h1-4,6-7,9-10,12-13,16,27H,5,8,11,14-15,17H2,(H,32,33). The number of carbonyl (C=O) groups is 2. The summed E-state index contributed by atoms with van der Waals surface area (Å²) in [7, 11) is 0. The molecule has 3 aromatic rings. The van der Waals surface area contributed by atoms with E-state index in [1.807, 2.05) is 47.4 Å². The van der Waals surface area contributed by atoms with Crippen LogP contribution in [0, 0.1) is 0 Å². The van der Waals surface area contributed by atoms with E-state index in [0.717, 1.165) is 23.1 Å². The third kappa shape index (κ3) is 5.54. The monoisotopic (exact) mass is 497 g/mol. The maximum absolute atomic E-state index is 13.5. The van der Waals surface area contributed by atoms with Gasteiger partial charge in [0, 0.05) is 28.6 Å². The first-order chi connectivity index (χ1) is 16.4. The first kappa shape index (κ1) is 24.1. The summed E-state index contributed by atoms with van der Waals surface area (Å²) < 4.78 is 5.59. The van der Waals surface area contributed by atoms with E-state index in [9.17, 15) is 9.59 Å². The number of amides is 1. The summed E-state index contributed by atoms with van der Waals surface area (Å²) in [5.74, 6) is -0.643. The van der Waals surface area contributed by atoms with E-state index in [4.69, 9.17) is 33.0 Å². The lowest BCUT2D eigenvalue weighted by molar-refractivity contribution is -0.139. The number of halogens is 2. The van der Waals surface area contributed by atoms with Gasteiger partial charge in [-0.15, -0.1) is 0 Å². The first-order valence-electron chi connectivity index (χ1n) is 11.2. The summed E-state index contributed by atoms with van der Waals surface area (Å²) in [6, 6.07) is 20.3. The highest BCUT2D eigenvalue weighted by Gasteiger charge is 2.33. The van der Waals surface area contributed by atoms with Crippen LogP contribution < -0.4 is 4.74 Å². The highest BCUT2D eigenvalue weighted by atomic mass is 35.5. The minimum Gasteiger partial charge on any atom is -0.482 e. The molecule has 34 heavy (non-hydrogen) atoms. The maximum atomic E-state index is 13.5. The molecule has 0 bridgehead atoms. The lowest BCUT2D eigenvalue weighted by Gasteiger charge is -2.38. The van der Waals surface area contributed by atoms with E-state index in [2.05, 4.69) is 6.07 Å². The molecule has 0 saturated heterocycles. The van der Waals surface area contributed by atoms with Gasteiger partial charge in [-0.05, 0) is 60.2 Å². The number of rotatable bonds is 8. The lowest BCUT2D eigenvalue weighted by Crippen LogP contribution is -2.40. The Bertz CT molecular complexity index is 1200.